The molecule has 1 saturated carbocycles. The van der Waals surface area contributed by atoms with Crippen LogP contribution in [0.15, 0.2) is 28.9 Å². The Kier molecular flexibility index (Phi) is 3.79. The lowest BCUT2D eigenvalue weighted by Gasteiger charge is -2.27. The van der Waals surface area contributed by atoms with E-state index in [4.69, 9.17) is 4.52 Å². The zero-order valence-electron chi connectivity index (χ0n) is 14.9. The monoisotopic (exact) mass is 367 g/mol. The maximum Gasteiger partial charge on any atom is 0.235 e. The fourth-order valence-corrected chi connectivity index (χ4v) is 4.55. The molecule has 1 unspecified atom stereocenters. The number of carbonyl (C=O) groups is 2. The van der Waals surface area contributed by atoms with Gasteiger partial charge in [-0.2, -0.15) is 0 Å². The molecule has 2 fully saturated rings. The van der Waals surface area contributed by atoms with Gasteiger partial charge in [-0.1, -0.05) is 5.16 Å². The summed E-state index contributed by atoms with van der Waals surface area (Å²) in [6, 6.07) is 6.34. The van der Waals surface area contributed by atoms with Crippen LogP contribution in [0.2, 0.25) is 0 Å². The van der Waals surface area contributed by atoms with Crippen LogP contribution in [0.3, 0.4) is 0 Å². The van der Waals surface area contributed by atoms with Crippen LogP contribution < -0.4 is 5.32 Å². The fourth-order valence-electron chi connectivity index (χ4n) is 4.55. The SMILES string of the molecule is O=C1CCC(c2noc3ccc4c(ccn4[C@H]4CC[C@@H](O)CC4)c23)C(=O)N1. The summed E-state index contributed by atoms with van der Waals surface area (Å²) >= 11 is 0. The standard InChI is InChI=1S/C20H21N3O4/c24-12-3-1-11(2-4-12)23-10-9-13-15(23)6-7-16-18(13)19(22-27-16)14-5-8-17(25)21-20(14)26/h6-7,9-12,14,24H,1-5,8H2,(H,21,25,26)/t11-,12+,14?. The molecule has 1 saturated heterocycles. The number of piperidine rings is 1. The van der Waals surface area contributed by atoms with Crippen molar-refractivity contribution < 1.29 is 19.2 Å². The molecular formula is C20H21N3O4. The average Bonchev–Trinajstić information content (AvgIpc) is 3.26. The third-order valence-electron chi connectivity index (χ3n) is 5.99. The maximum atomic E-state index is 12.3. The molecule has 1 aromatic carbocycles. The van der Waals surface area contributed by atoms with E-state index in [0.29, 0.717) is 30.2 Å². The predicted molar refractivity (Wildman–Crippen MR) is 98.1 cm³/mol. The summed E-state index contributed by atoms with van der Waals surface area (Å²) in [5.74, 6) is -1.01. The molecule has 5 rings (SSSR count). The summed E-state index contributed by atoms with van der Waals surface area (Å²) in [5.41, 5.74) is 2.34. The summed E-state index contributed by atoms with van der Waals surface area (Å²) in [4.78, 5) is 23.8. The van der Waals surface area contributed by atoms with Crippen molar-refractivity contribution in [3.05, 3.63) is 30.1 Å². The fraction of sp³-hybridized carbons (Fsp3) is 0.450. The van der Waals surface area contributed by atoms with Crippen molar-refractivity contribution in [1.82, 2.24) is 15.0 Å². The van der Waals surface area contributed by atoms with Crippen LogP contribution in [0.5, 0.6) is 0 Å². The van der Waals surface area contributed by atoms with Crippen LogP contribution in [-0.4, -0.2) is 32.7 Å². The van der Waals surface area contributed by atoms with Crippen LogP contribution in [0.1, 0.15) is 56.2 Å². The number of carbonyl (C=O) groups excluding carboxylic acids is 2. The van der Waals surface area contributed by atoms with E-state index in [-0.39, 0.29) is 17.9 Å². The number of hydrogen-bond donors (Lipinski definition) is 2. The van der Waals surface area contributed by atoms with E-state index in [0.717, 1.165) is 42.0 Å². The molecule has 2 aromatic heterocycles. The summed E-state index contributed by atoms with van der Waals surface area (Å²) in [7, 11) is 0. The van der Waals surface area contributed by atoms with Gasteiger partial charge in [0.15, 0.2) is 5.58 Å². The number of aliphatic hydroxyl groups excluding tert-OH is 1. The Balaban J connectivity index is 1.60. The highest BCUT2D eigenvalue weighted by atomic mass is 16.5. The van der Waals surface area contributed by atoms with Crippen molar-refractivity contribution in [2.45, 2.75) is 56.6 Å². The van der Waals surface area contributed by atoms with E-state index in [1.54, 1.807) is 0 Å². The van der Waals surface area contributed by atoms with Gasteiger partial charge in [-0.3, -0.25) is 14.9 Å². The molecule has 2 aliphatic rings. The minimum absolute atomic E-state index is 0.188. The van der Waals surface area contributed by atoms with Gasteiger partial charge < -0.3 is 14.2 Å². The third kappa shape index (κ3) is 2.65. The molecule has 7 heteroatoms. The minimum atomic E-state index is -0.470. The quantitative estimate of drug-likeness (QED) is 0.679. The summed E-state index contributed by atoms with van der Waals surface area (Å²) in [5, 5.41) is 18.2. The average molecular weight is 367 g/mol. The van der Waals surface area contributed by atoms with Gasteiger partial charge >= 0.3 is 0 Å². The molecule has 1 aliphatic carbocycles. The Bertz CT molecular complexity index is 1040. The van der Waals surface area contributed by atoms with Gasteiger partial charge in [0.25, 0.3) is 0 Å². The molecule has 3 heterocycles. The van der Waals surface area contributed by atoms with E-state index in [1.165, 1.54) is 0 Å². The summed E-state index contributed by atoms with van der Waals surface area (Å²) < 4.78 is 7.76. The van der Waals surface area contributed by atoms with Crippen LogP contribution in [-0.2, 0) is 9.59 Å². The first kappa shape index (κ1) is 16.5. The van der Waals surface area contributed by atoms with Crippen molar-refractivity contribution in [2.24, 2.45) is 0 Å². The smallest absolute Gasteiger partial charge is 0.235 e. The Labute approximate surface area is 155 Å². The molecule has 2 N–H and O–H groups in total. The predicted octanol–water partition coefficient (Wildman–Crippen LogP) is 2.78. The third-order valence-corrected chi connectivity index (χ3v) is 5.99. The minimum Gasteiger partial charge on any atom is -0.393 e. The van der Waals surface area contributed by atoms with Crippen molar-refractivity contribution in [3.8, 4) is 0 Å². The maximum absolute atomic E-state index is 12.3. The highest BCUT2D eigenvalue weighted by molar-refractivity contribution is 6.09. The lowest BCUT2D eigenvalue weighted by atomic mass is 9.91. The topological polar surface area (TPSA) is 97.4 Å². The zero-order chi connectivity index (χ0) is 18.5. The number of imide groups is 1. The van der Waals surface area contributed by atoms with E-state index < -0.39 is 5.92 Å². The summed E-state index contributed by atoms with van der Waals surface area (Å²) in [6.07, 6.45) is 6.19. The first-order chi connectivity index (χ1) is 13.1. The highest BCUT2D eigenvalue weighted by Gasteiger charge is 2.33. The number of rotatable bonds is 2. The molecule has 0 spiro atoms. The van der Waals surface area contributed by atoms with Gasteiger partial charge in [0.1, 0.15) is 5.69 Å². The molecule has 0 bridgehead atoms. The van der Waals surface area contributed by atoms with Gasteiger partial charge in [0, 0.05) is 29.6 Å². The number of amides is 2. The Morgan fingerprint density at radius 3 is 2.70 bits per heavy atom. The number of nitrogens with one attached hydrogen (secondary N) is 1. The van der Waals surface area contributed by atoms with E-state index in [1.807, 2.05) is 12.1 Å². The normalized spacial score (nSPS) is 26.6. The van der Waals surface area contributed by atoms with Gasteiger partial charge in [0.05, 0.1) is 17.4 Å². The largest absolute Gasteiger partial charge is 0.393 e. The van der Waals surface area contributed by atoms with Crippen LogP contribution in [0.4, 0.5) is 0 Å². The highest BCUT2D eigenvalue weighted by Crippen LogP contribution is 2.38. The number of fused-ring (bicyclic) bond motifs is 3. The number of nitrogens with zero attached hydrogens (tertiary/aromatic N) is 2. The van der Waals surface area contributed by atoms with Gasteiger partial charge in [-0.25, -0.2) is 0 Å². The zero-order valence-corrected chi connectivity index (χ0v) is 14.9. The van der Waals surface area contributed by atoms with E-state index in [9.17, 15) is 14.7 Å². The molecule has 0 radical (unpaired) electrons. The number of aromatic nitrogens is 2. The van der Waals surface area contributed by atoms with Crippen molar-refractivity contribution in [3.63, 3.8) is 0 Å². The first-order valence-electron chi connectivity index (χ1n) is 9.52. The van der Waals surface area contributed by atoms with Gasteiger partial charge in [-0.05, 0) is 50.3 Å². The van der Waals surface area contributed by atoms with E-state index in [2.05, 4.69) is 27.3 Å². The van der Waals surface area contributed by atoms with Crippen molar-refractivity contribution in [1.29, 1.82) is 0 Å². The van der Waals surface area contributed by atoms with Gasteiger partial charge in [0.2, 0.25) is 11.8 Å². The second-order valence-electron chi connectivity index (χ2n) is 7.63. The molecular weight excluding hydrogens is 346 g/mol. The molecule has 1 atom stereocenters. The Morgan fingerprint density at radius 1 is 1.11 bits per heavy atom. The Hall–Kier alpha value is -2.67. The van der Waals surface area contributed by atoms with E-state index >= 15 is 0 Å². The number of hydrogen-bond acceptors (Lipinski definition) is 5. The van der Waals surface area contributed by atoms with Crippen LogP contribution in [0.25, 0.3) is 21.9 Å². The number of aliphatic hydroxyl groups is 1. The molecule has 2 amide bonds. The molecule has 27 heavy (non-hydrogen) atoms. The van der Waals surface area contributed by atoms with Crippen molar-refractivity contribution in [2.75, 3.05) is 0 Å². The van der Waals surface area contributed by atoms with Crippen molar-refractivity contribution >= 4 is 33.7 Å². The second-order valence-corrected chi connectivity index (χ2v) is 7.63. The lowest BCUT2D eigenvalue weighted by molar-refractivity contribution is -0.134. The molecule has 3 aromatic rings. The van der Waals surface area contributed by atoms with Gasteiger partial charge in [-0.15, -0.1) is 0 Å². The van der Waals surface area contributed by atoms with Crippen LogP contribution >= 0.6 is 0 Å². The lowest BCUT2D eigenvalue weighted by Crippen LogP contribution is -2.39. The Morgan fingerprint density at radius 2 is 1.93 bits per heavy atom. The first-order valence-corrected chi connectivity index (χ1v) is 9.52. The molecule has 140 valence electrons. The second kappa shape index (κ2) is 6.20. The number of benzene rings is 1. The molecule has 1 aliphatic heterocycles. The van der Waals surface area contributed by atoms with Crippen LogP contribution in [0, 0.1) is 0 Å². The molecule has 7 nitrogen and oxygen atoms in total. The summed E-state index contributed by atoms with van der Waals surface area (Å²) in [6.45, 7) is 0.